The van der Waals surface area contributed by atoms with Crippen molar-refractivity contribution in [2.75, 3.05) is 0 Å². The molecular weight excluding hydrogens is 268 g/mol. The molecule has 0 spiro atoms. The summed E-state index contributed by atoms with van der Waals surface area (Å²) >= 11 is 1.62. The number of nitrogens with zero attached hydrogens (tertiary/aromatic N) is 3. The molecule has 0 aromatic carbocycles. The highest BCUT2D eigenvalue weighted by Gasteiger charge is 2.05. The van der Waals surface area contributed by atoms with E-state index in [1.807, 2.05) is 36.4 Å². The van der Waals surface area contributed by atoms with E-state index in [0.29, 0.717) is 0 Å². The molecule has 5 heteroatoms. The van der Waals surface area contributed by atoms with Crippen LogP contribution in [0, 0.1) is 0 Å². The molecule has 0 radical (unpaired) electrons. The Morgan fingerprint density at radius 2 is 1.70 bits per heavy atom. The Hall–Kier alpha value is -2.11. The molecule has 100 valence electrons. The first kappa shape index (κ1) is 12.9. The number of nitrogens with one attached hydrogen (secondary N) is 1. The number of aromatic nitrogens is 3. The Kier molecular flexibility index (Phi) is 4.10. The molecular formula is C15H14N4S. The van der Waals surface area contributed by atoms with Crippen LogP contribution in [-0.2, 0) is 13.1 Å². The van der Waals surface area contributed by atoms with Gasteiger partial charge in [-0.1, -0.05) is 12.1 Å². The van der Waals surface area contributed by atoms with E-state index in [0.717, 1.165) is 35.2 Å². The summed E-state index contributed by atoms with van der Waals surface area (Å²) in [6.45, 7) is 1.48. The molecule has 0 aliphatic rings. The van der Waals surface area contributed by atoms with Crippen molar-refractivity contribution in [1.82, 2.24) is 20.3 Å². The number of hydrogen-bond donors (Lipinski definition) is 1. The Morgan fingerprint density at radius 3 is 2.45 bits per heavy atom. The zero-order valence-corrected chi connectivity index (χ0v) is 11.7. The van der Waals surface area contributed by atoms with Crippen LogP contribution in [0.4, 0.5) is 0 Å². The second-order valence-corrected chi connectivity index (χ2v) is 5.14. The molecule has 0 saturated heterocycles. The normalized spacial score (nSPS) is 10.6. The lowest BCUT2D eigenvalue weighted by atomic mass is 10.3. The van der Waals surface area contributed by atoms with Gasteiger partial charge >= 0.3 is 0 Å². The molecule has 3 aromatic heterocycles. The first-order chi connectivity index (χ1) is 9.92. The predicted octanol–water partition coefficient (Wildman–Crippen LogP) is 2.89. The van der Waals surface area contributed by atoms with Crippen LogP contribution in [-0.4, -0.2) is 15.0 Å². The van der Waals surface area contributed by atoms with Gasteiger partial charge in [0, 0.05) is 30.9 Å². The van der Waals surface area contributed by atoms with Crippen molar-refractivity contribution in [1.29, 1.82) is 0 Å². The van der Waals surface area contributed by atoms with Gasteiger partial charge in [0.2, 0.25) is 0 Å². The molecule has 1 N–H and O–H groups in total. The summed E-state index contributed by atoms with van der Waals surface area (Å²) in [6.07, 6.45) is 3.59. The lowest BCUT2D eigenvalue weighted by Gasteiger charge is -2.01. The van der Waals surface area contributed by atoms with Crippen LogP contribution in [0.1, 0.15) is 11.4 Å². The number of rotatable bonds is 5. The smallest absolute Gasteiger partial charge is 0.142 e. The molecule has 0 bridgehead atoms. The minimum Gasteiger partial charge on any atom is -0.305 e. The zero-order valence-electron chi connectivity index (χ0n) is 10.9. The first-order valence-electron chi connectivity index (χ1n) is 6.38. The zero-order chi connectivity index (χ0) is 13.6. The van der Waals surface area contributed by atoms with Crippen LogP contribution in [0.25, 0.3) is 10.7 Å². The van der Waals surface area contributed by atoms with E-state index in [1.165, 1.54) is 0 Å². The summed E-state index contributed by atoms with van der Waals surface area (Å²) < 4.78 is 0. The van der Waals surface area contributed by atoms with Gasteiger partial charge in [-0.15, -0.1) is 11.3 Å². The van der Waals surface area contributed by atoms with Crippen LogP contribution >= 0.6 is 11.3 Å². The largest absolute Gasteiger partial charge is 0.305 e. The minimum absolute atomic E-state index is 0.736. The second kappa shape index (κ2) is 6.36. The van der Waals surface area contributed by atoms with E-state index in [2.05, 4.69) is 25.6 Å². The topological polar surface area (TPSA) is 50.7 Å². The van der Waals surface area contributed by atoms with Crippen molar-refractivity contribution in [3.8, 4) is 10.7 Å². The van der Waals surface area contributed by atoms with Gasteiger partial charge in [-0.3, -0.25) is 9.97 Å². The molecule has 20 heavy (non-hydrogen) atoms. The van der Waals surface area contributed by atoms with Gasteiger partial charge in [-0.25, -0.2) is 4.98 Å². The van der Waals surface area contributed by atoms with E-state index < -0.39 is 0 Å². The van der Waals surface area contributed by atoms with Crippen molar-refractivity contribution in [3.63, 3.8) is 0 Å². The summed E-state index contributed by atoms with van der Waals surface area (Å²) in [7, 11) is 0. The molecule has 4 nitrogen and oxygen atoms in total. The molecule has 0 unspecified atom stereocenters. The van der Waals surface area contributed by atoms with Gasteiger partial charge in [0.15, 0.2) is 0 Å². The Morgan fingerprint density at radius 1 is 0.900 bits per heavy atom. The van der Waals surface area contributed by atoms with Gasteiger partial charge in [0.05, 0.1) is 17.1 Å². The molecule has 0 amide bonds. The molecule has 0 atom stereocenters. The lowest BCUT2D eigenvalue weighted by Crippen LogP contribution is -2.13. The van der Waals surface area contributed by atoms with Gasteiger partial charge in [-0.05, 0) is 24.3 Å². The SMILES string of the molecule is c1ccc(CNCc2csc(-c3ccccn3)n2)nc1. The monoisotopic (exact) mass is 282 g/mol. The highest BCUT2D eigenvalue weighted by atomic mass is 32.1. The molecule has 3 heterocycles. The highest BCUT2D eigenvalue weighted by molar-refractivity contribution is 7.13. The van der Waals surface area contributed by atoms with Crippen LogP contribution in [0.5, 0.6) is 0 Å². The predicted molar refractivity (Wildman–Crippen MR) is 80.1 cm³/mol. The molecule has 3 rings (SSSR count). The van der Waals surface area contributed by atoms with E-state index >= 15 is 0 Å². The van der Waals surface area contributed by atoms with Crippen molar-refractivity contribution < 1.29 is 0 Å². The fourth-order valence-corrected chi connectivity index (χ4v) is 2.61. The number of thiazole rings is 1. The summed E-state index contributed by atoms with van der Waals surface area (Å²) in [5.74, 6) is 0. The average molecular weight is 282 g/mol. The van der Waals surface area contributed by atoms with E-state index in [-0.39, 0.29) is 0 Å². The van der Waals surface area contributed by atoms with Crippen molar-refractivity contribution in [2.24, 2.45) is 0 Å². The Bertz CT molecular complexity index is 652. The van der Waals surface area contributed by atoms with Crippen LogP contribution in [0.3, 0.4) is 0 Å². The standard InChI is InChI=1S/C15H14N4S/c1-3-7-17-12(5-1)9-16-10-13-11-20-15(19-13)14-6-2-4-8-18-14/h1-8,11,16H,9-10H2. The van der Waals surface area contributed by atoms with Gasteiger partial charge in [0.25, 0.3) is 0 Å². The maximum atomic E-state index is 4.58. The fraction of sp³-hybridized carbons (Fsp3) is 0.133. The third-order valence-corrected chi connectivity index (χ3v) is 3.69. The first-order valence-corrected chi connectivity index (χ1v) is 7.26. The van der Waals surface area contributed by atoms with Crippen LogP contribution < -0.4 is 5.32 Å². The van der Waals surface area contributed by atoms with E-state index in [9.17, 15) is 0 Å². The summed E-state index contributed by atoms with van der Waals surface area (Å²) in [6, 6.07) is 11.8. The Labute approximate surface area is 121 Å². The fourth-order valence-electron chi connectivity index (χ4n) is 1.82. The molecule has 0 saturated carbocycles. The van der Waals surface area contributed by atoms with Crippen molar-refractivity contribution >= 4 is 11.3 Å². The van der Waals surface area contributed by atoms with Gasteiger partial charge < -0.3 is 5.32 Å². The molecule has 3 aromatic rings. The minimum atomic E-state index is 0.736. The molecule has 0 aliphatic heterocycles. The molecule has 0 fully saturated rings. The van der Waals surface area contributed by atoms with Crippen LogP contribution in [0.15, 0.2) is 54.2 Å². The third kappa shape index (κ3) is 3.26. The van der Waals surface area contributed by atoms with Crippen molar-refractivity contribution in [2.45, 2.75) is 13.1 Å². The highest BCUT2D eigenvalue weighted by Crippen LogP contribution is 2.21. The molecule has 0 aliphatic carbocycles. The van der Waals surface area contributed by atoms with Gasteiger partial charge in [0.1, 0.15) is 5.01 Å². The van der Waals surface area contributed by atoms with E-state index in [4.69, 9.17) is 0 Å². The third-order valence-electron chi connectivity index (χ3n) is 2.77. The quantitative estimate of drug-likeness (QED) is 0.782. The number of pyridine rings is 2. The second-order valence-electron chi connectivity index (χ2n) is 4.28. The van der Waals surface area contributed by atoms with Crippen molar-refractivity contribution in [3.05, 3.63) is 65.6 Å². The summed E-state index contributed by atoms with van der Waals surface area (Å²) in [5.41, 5.74) is 2.99. The summed E-state index contributed by atoms with van der Waals surface area (Å²) in [4.78, 5) is 13.2. The average Bonchev–Trinajstić information content (AvgIpc) is 2.98. The van der Waals surface area contributed by atoms with E-state index in [1.54, 1.807) is 23.7 Å². The number of hydrogen-bond acceptors (Lipinski definition) is 5. The summed E-state index contributed by atoms with van der Waals surface area (Å²) in [5, 5.41) is 6.37. The maximum absolute atomic E-state index is 4.58. The van der Waals surface area contributed by atoms with Crippen LogP contribution in [0.2, 0.25) is 0 Å². The lowest BCUT2D eigenvalue weighted by molar-refractivity contribution is 0.670. The van der Waals surface area contributed by atoms with Gasteiger partial charge in [-0.2, -0.15) is 0 Å². The maximum Gasteiger partial charge on any atom is 0.142 e. The Balaban J connectivity index is 1.58.